The summed E-state index contributed by atoms with van der Waals surface area (Å²) in [5.41, 5.74) is 0. The van der Waals surface area contributed by atoms with Crippen molar-refractivity contribution < 1.29 is 28.6 Å². The Hall–Kier alpha value is -2.63. The molecule has 0 aromatic carbocycles. The fourth-order valence-electron chi connectivity index (χ4n) is 10.7. The zero-order valence-corrected chi connectivity index (χ0v) is 53.9. The normalized spacial score (nSPS) is 12.3. The molecular formula is C74H136O6. The van der Waals surface area contributed by atoms with Gasteiger partial charge in [0.05, 0.1) is 0 Å². The van der Waals surface area contributed by atoms with Crippen LogP contribution in [0.2, 0.25) is 0 Å². The maximum atomic E-state index is 12.9. The predicted octanol–water partition coefficient (Wildman–Crippen LogP) is 24.5. The topological polar surface area (TPSA) is 78.9 Å². The molecule has 0 spiro atoms. The molecule has 0 radical (unpaired) electrons. The van der Waals surface area contributed by atoms with E-state index in [9.17, 15) is 14.4 Å². The summed E-state index contributed by atoms with van der Waals surface area (Å²) in [6.07, 6.45) is 87.2. The number of carbonyl (C=O) groups excluding carboxylic acids is 3. The molecule has 0 aliphatic heterocycles. The highest BCUT2D eigenvalue weighted by Crippen LogP contribution is 2.18. The molecule has 0 rings (SSSR count). The summed E-state index contributed by atoms with van der Waals surface area (Å²) < 4.78 is 17.0. The van der Waals surface area contributed by atoms with Crippen molar-refractivity contribution in [2.75, 3.05) is 13.2 Å². The first-order valence-electron chi connectivity index (χ1n) is 35.6. The summed E-state index contributed by atoms with van der Waals surface area (Å²) >= 11 is 0. The van der Waals surface area contributed by atoms with Crippen molar-refractivity contribution in [1.29, 1.82) is 0 Å². The first kappa shape index (κ1) is 77.4. The van der Waals surface area contributed by atoms with E-state index in [1.807, 2.05) is 0 Å². The number of allylic oxidation sites excluding steroid dienone is 8. The molecule has 80 heavy (non-hydrogen) atoms. The van der Waals surface area contributed by atoms with Crippen molar-refractivity contribution in [3.63, 3.8) is 0 Å². The van der Waals surface area contributed by atoms with Gasteiger partial charge in [-0.05, 0) is 77.0 Å². The minimum Gasteiger partial charge on any atom is -0.462 e. The second-order valence-electron chi connectivity index (χ2n) is 24.1. The molecule has 468 valence electrons. The van der Waals surface area contributed by atoms with Crippen LogP contribution in [0.1, 0.15) is 387 Å². The van der Waals surface area contributed by atoms with Crippen molar-refractivity contribution in [3.8, 4) is 0 Å². The molecule has 1 unspecified atom stereocenters. The molecule has 6 nitrogen and oxygen atoms in total. The lowest BCUT2D eigenvalue weighted by Gasteiger charge is -2.18. The van der Waals surface area contributed by atoms with Gasteiger partial charge < -0.3 is 14.2 Å². The van der Waals surface area contributed by atoms with E-state index in [1.165, 1.54) is 270 Å². The summed E-state index contributed by atoms with van der Waals surface area (Å²) in [5.74, 6) is -0.855. The molecule has 1 atom stereocenters. The summed E-state index contributed by atoms with van der Waals surface area (Å²) in [6, 6.07) is 0. The molecule has 6 heteroatoms. The number of rotatable bonds is 66. The van der Waals surface area contributed by atoms with Crippen LogP contribution in [0.5, 0.6) is 0 Å². The Morgan fingerprint density at radius 3 is 0.750 bits per heavy atom. The molecule has 0 fully saturated rings. The van der Waals surface area contributed by atoms with E-state index in [2.05, 4.69) is 69.4 Å². The van der Waals surface area contributed by atoms with Crippen molar-refractivity contribution >= 4 is 17.9 Å². The van der Waals surface area contributed by atoms with Gasteiger partial charge in [-0.25, -0.2) is 0 Å². The van der Waals surface area contributed by atoms with Crippen molar-refractivity contribution in [3.05, 3.63) is 48.6 Å². The lowest BCUT2D eigenvalue weighted by atomic mass is 10.0. The second-order valence-corrected chi connectivity index (χ2v) is 24.1. The number of esters is 3. The van der Waals surface area contributed by atoms with E-state index in [1.54, 1.807) is 0 Å². The SMILES string of the molecule is CCCC/C=C\CCCCCCCC(=O)OCC(COC(=O)CCCCCCCCCCCCCCCCCC/C=C\C/C=C\C/C=C\CCCCCCC)OC(=O)CCCCCCCCCCCCCCCCCCCCCC. The minimum absolute atomic E-state index is 0.0706. The summed E-state index contributed by atoms with van der Waals surface area (Å²) in [5, 5.41) is 0. The number of ether oxygens (including phenoxy) is 3. The molecule has 0 heterocycles. The van der Waals surface area contributed by atoms with Crippen molar-refractivity contribution in [2.24, 2.45) is 0 Å². The molecule has 0 aliphatic carbocycles. The van der Waals surface area contributed by atoms with Gasteiger partial charge in [0.1, 0.15) is 13.2 Å². The highest BCUT2D eigenvalue weighted by atomic mass is 16.6. The quantitative estimate of drug-likeness (QED) is 0.0261. The largest absolute Gasteiger partial charge is 0.462 e. The monoisotopic (exact) mass is 1120 g/mol. The van der Waals surface area contributed by atoms with Gasteiger partial charge in [-0.3, -0.25) is 14.4 Å². The van der Waals surface area contributed by atoms with E-state index in [-0.39, 0.29) is 31.1 Å². The van der Waals surface area contributed by atoms with Gasteiger partial charge in [-0.2, -0.15) is 0 Å². The summed E-state index contributed by atoms with van der Waals surface area (Å²) in [4.78, 5) is 38.3. The van der Waals surface area contributed by atoms with Crippen LogP contribution in [0.4, 0.5) is 0 Å². The average molecular weight is 1120 g/mol. The number of carbonyl (C=O) groups is 3. The Morgan fingerprint density at radius 1 is 0.250 bits per heavy atom. The van der Waals surface area contributed by atoms with Crippen molar-refractivity contribution in [2.45, 2.75) is 393 Å². The summed E-state index contributed by atoms with van der Waals surface area (Å²) in [7, 11) is 0. The summed E-state index contributed by atoms with van der Waals surface area (Å²) in [6.45, 7) is 6.65. The second kappa shape index (κ2) is 68.9. The van der Waals surface area contributed by atoms with Gasteiger partial charge in [-0.15, -0.1) is 0 Å². The first-order valence-corrected chi connectivity index (χ1v) is 35.6. The van der Waals surface area contributed by atoms with E-state index < -0.39 is 6.10 Å². The van der Waals surface area contributed by atoms with Gasteiger partial charge in [-0.1, -0.05) is 339 Å². The third-order valence-corrected chi connectivity index (χ3v) is 16.1. The average Bonchev–Trinajstić information content (AvgIpc) is 3.46. The lowest BCUT2D eigenvalue weighted by Crippen LogP contribution is -2.30. The fourth-order valence-corrected chi connectivity index (χ4v) is 10.7. The van der Waals surface area contributed by atoms with Crippen LogP contribution in [0.25, 0.3) is 0 Å². The Morgan fingerprint density at radius 2 is 0.463 bits per heavy atom. The molecule has 0 saturated heterocycles. The molecular weight excluding hydrogens is 985 g/mol. The molecule has 0 amide bonds. The van der Waals surface area contributed by atoms with Gasteiger partial charge in [0.15, 0.2) is 6.10 Å². The predicted molar refractivity (Wildman–Crippen MR) is 349 cm³/mol. The number of hydrogen-bond acceptors (Lipinski definition) is 6. The first-order chi connectivity index (χ1) is 39.5. The molecule has 0 aliphatic rings. The Bertz CT molecular complexity index is 1380. The zero-order valence-electron chi connectivity index (χ0n) is 53.9. The van der Waals surface area contributed by atoms with Crippen LogP contribution in [0.15, 0.2) is 48.6 Å². The van der Waals surface area contributed by atoms with Gasteiger partial charge in [0, 0.05) is 19.3 Å². The maximum absolute atomic E-state index is 12.9. The number of unbranched alkanes of at least 4 members (excludes halogenated alkanes) is 47. The Kier molecular flexibility index (Phi) is 66.6. The zero-order chi connectivity index (χ0) is 57.8. The fraction of sp³-hybridized carbons (Fsp3) is 0.851. The molecule has 0 bridgehead atoms. The van der Waals surface area contributed by atoms with E-state index in [0.717, 1.165) is 77.0 Å². The standard InChI is InChI=1S/C74H136O6/c1-4-7-10-13-16-19-22-24-26-28-30-32-33-34-35-36-37-38-39-40-41-42-44-45-47-49-52-55-58-61-64-67-73(76)79-70-71(69-78-72(75)66-63-60-57-54-51-21-18-15-12-9-6-3)80-74(77)68-65-62-59-56-53-50-48-46-43-31-29-27-25-23-20-17-14-11-8-5-2/h15,18,22,24,28,30,33-34,71H,4-14,16-17,19-21,23,25-27,29,31-32,35-70H2,1-3H3/b18-15-,24-22-,30-28-,34-33-. The van der Waals surface area contributed by atoms with E-state index in [4.69, 9.17) is 14.2 Å². The van der Waals surface area contributed by atoms with E-state index in [0.29, 0.717) is 19.3 Å². The smallest absolute Gasteiger partial charge is 0.306 e. The maximum Gasteiger partial charge on any atom is 0.306 e. The molecule has 0 aromatic rings. The van der Waals surface area contributed by atoms with Crippen LogP contribution >= 0.6 is 0 Å². The van der Waals surface area contributed by atoms with Crippen molar-refractivity contribution in [1.82, 2.24) is 0 Å². The molecule has 0 saturated carbocycles. The third kappa shape index (κ3) is 66.2. The van der Waals surface area contributed by atoms with Crippen LogP contribution in [-0.2, 0) is 28.6 Å². The highest BCUT2D eigenvalue weighted by Gasteiger charge is 2.19. The van der Waals surface area contributed by atoms with Gasteiger partial charge in [0.25, 0.3) is 0 Å². The molecule has 0 N–H and O–H groups in total. The Balaban J connectivity index is 4.13. The Labute approximate surface area is 498 Å². The number of hydrogen-bond donors (Lipinski definition) is 0. The van der Waals surface area contributed by atoms with Gasteiger partial charge in [0.2, 0.25) is 0 Å². The van der Waals surface area contributed by atoms with E-state index >= 15 is 0 Å². The molecule has 0 aromatic heterocycles. The van der Waals surface area contributed by atoms with Crippen LogP contribution in [0.3, 0.4) is 0 Å². The minimum atomic E-state index is -0.774. The van der Waals surface area contributed by atoms with Gasteiger partial charge >= 0.3 is 17.9 Å². The lowest BCUT2D eigenvalue weighted by molar-refractivity contribution is -0.167. The third-order valence-electron chi connectivity index (χ3n) is 16.1. The highest BCUT2D eigenvalue weighted by molar-refractivity contribution is 5.71. The van der Waals surface area contributed by atoms with Crippen LogP contribution in [0, 0.1) is 0 Å². The van der Waals surface area contributed by atoms with Crippen LogP contribution < -0.4 is 0 Å². The van der Waals surface area contributed by atoms with Crippen LogP contribution in [-0.4, -0.2) is 37.2 Å².